The van der Waals surface area contributed by atoms with Crippen molar-refractivity contribution in [3.63, 3.8) is 0 Å². The number of nitrogens with zero attached hydrogens (tertiary/aromatic N) is 1. The molecule has 0 spiro atoms. The maximum atomic E-state index is 13.8. The van der Waals surface area contributed by atoms with Gasteiger partial charge in [0.05, 0.1) is 22.8 Å². The van der Waals surface area contributed by atoms with Gasteiger partial charge in [-0.05, 0) is 58.5 Å². The van der Waals surface area contributed by atoms with Crippen LogP contribution >= 0.6 is 11.6 Å². The highest BCUT2D eigenvalue weighted by molar-refractivity contribution is 6.32. The molecule has 0 aliphatic heterocycles. The molecule has 0 aliphatic carbocycles. The van der Waals surface area contributed by atoms with E-state index in [1.165, 1.54) is 18.2 Å². The van der Waals surface area contributed by atoms with Crippen molar-refractivity contribution in [3.8, 4) is 11.3 Å². The number of allylic oxidation sites excluding steroid dienone is 1. The third-order valence-corrected chi connectivity index (χ3v) is 5.94. The molecule has 0 bridgehead atoms. The summed E-state index contributed by atoms with van der Waals surface area (Å²) in [5, 5.41) is 10.8. The summed E-state index contributed by atoms with van der Waals surface area (Å²) in [4.78, 5) is 11.4. The summed E-state index contributed by atoms with van der Waals surface area (Å²) >= 11 is 6.47. The molecule has 164 valence electrons. The molecule has 0 radical (unpaired) electrons. The predicted octanol–water partition coefficient (Wildman–Crippen LogP) is 6.67. The monoisotopic (exact) mass is 459 g/mol. The molecule has 0 amide bonds. The zero-order valence-electron chi connectivity index (χ0n) is 17.7. The largest absolute Gasteiger partial charge is 0.378 e. The van der Waals surface area contributed by atoms with Gasteiger partial charge in [0.1, 0.15) is 5.82 Å². The Morgan fingerprint density at radius 3 is 2.52 bits per heavy atom. The number of nitrogens with one attached hydrogen (secondary N) is 2. The Morgan fingerprint density at radius 2 is 1.82 bits per heavy atom. The Morgan fingerprint density at radius 1 is 1.03 bits per heavy atom. The van der Waals surface area contributed by atoms with Crippen LogP contribution in [0.5, 0.6) is 0 Å². The molecule has 7 heteroatoms. The highest BCUT2D eigenvalue weighted by atomic mass is 35.5. The second-order valence-corrected chi connectivity index (χ2v) is 8.06. The molecule has 0 saturated carbocycles. The Labute approximate surface area is 193 Å². The Kier molecular flexibility index (Phi) is 5.44. The standard InChI is InChI=1S/C26H19ClFN3O2/c1-2-20(21-9-8-19(28)12-22(21)27)26(17-7-10-23-18(11-17)14-29-30-23)16-5-3-15(4-6-16)24-13-25(32)31-33-24/h3-14H,2H2,1H3,(H,29,30)(H,31,32). The van der Waals surface area contributed by atoms with E-state index in [0.717, 1.165) is 44.3 Å². The molecule has 0 unspecified atom stereocenters. The molecular formula is C26H19ClFN3O2. The molecule has 0 fully saturated rings. The van der Waals surface area contributed by atoms with Gasteiger partial charge in [0.25, 0.3) is 5.56 Å². The molecule has 0 aliphatic rings. The summed E-state index contributed by atoms with van der Waals surface area (Å²) in [5.74, 6) is 0.0899. The minimum Gasteiger partial charge on any atom is -0.378 e. The number of hydrogen-bond donors (Lipinski definition) is 2. The lowest BCUT2D eigenvalue weighted by atomic mass is 9.87. The molecule has 2 N–H and O–H groups in total. The Bertz CT molecular complexity index is 1540. The van der Waals surface area contributed by atoms with E-state index in [0.29, 0.717) is 17.2 Å². The van der Waals surface area contributed by atoms with E-state index >= 15 is 0 Å². The summed E-state index contributed by atoms with van der Waals surface area (Å²) in [6.45, 7) is 2.05. The van der Waals surface area contributed by atoms with Crippen molar-refractivity contribution >= 4 is 33.7 Å². The molecule has 2 heterocycles. The molecule has 0 saturated heterocycles. The van der Waals surface area contributed by atoms with Gasteiger partial charge in [0.2, 0.25) is 0 Å². The van der Waals surface area contributed by atoms with Crippen LogP contribution in [0.4, 0.5) is 4.39 Å². The van der Waals surface area contributed by atoms with E-state index in [1.54, 1.807) is 12.3 Å². The first-order valence-corrected chi connectivity index (χ1v) is 10.8. The SMILES string of the molecule is CCC(=C(c1ccc(-c2cc(=O)[nH]o2)cc1)c1ccc2[nH]ncc2c1)c1ccc(F)cc1Cl. The number of H-pyrrole nitrogens is 2. The topological polar surface area (TPSA) is 74.7 Å². The fraction of sp³-hybridized carbons (Fsp3) is 0.0769. The molecule has 0 atom stereocenters. The van der Waals surface area contributed by atoms with E-state index in [9.17, 15) is 9.18 Å². The fourth-order valence-electron chi connectivity index (χ4n) is 4.08. The number of aromatic nitrogens is 3. The van der Waals surface area contributed by atoms with Gasteiger partial charge in [-0.2, -0.15) is 10.3 Å². The molecule has 2 aromatic heterocycles. The zero-order chi connectivity index (χ0) is 22.9. The molecular weight excluding hydrogens is 441 g/mol. The van der Waals surface area contributed by atoms with Crippen LogP contribution in [0.2, 0.25) is 5.02 Å². The fourth-order valence-corrected chi connectivity index (χ4v) is 4.36. The summed E-state index contributed by atoms with van der Waals surface area (Å²) in [6, 6.07) is 19.7. The van der Waals surface area contributed by atoms with Gasteiger partial charge >= 0.3 is 0 Å². The summed E-state index contributed by atoms with van der Waals surface area (Å²) in [7, 11) is 0. The van der Waals surface area contributed by atoms with Gasteiger partial charge in [-0.15, -0.1) is 0 Å². The smallest absolute Gasteiger partial charge is 0.280 e. The lowest BCUT2D eigenvalue weighted by molar-refractivity contribution is 0.426. The minimum atomic E-state index is -0.377. The number of fused-ring (bicyclic) bond motifs is 1. The molecule has 3 aromatic carbocycles. The van der Waals surface area contributed by atoms with Crippen LogP contribution in [0.3, 0.4) is 0 Å². The van der Waals surface area contributed by atoms with Crippen LogP contribution < -0.4 is 5.56 Å². The third kappa shape index (κ3) is 4.01. The summed E-state index contributed by atoms with van der Waals surface area (Å²) in [5.41, 5.74) is 6.12. The van der Waals surface area contributed by atoms with E-state index < -0.39 is 0 Å². The highest BCUT2D eigenvalue weighted by Crippen LogP contribution is 2.38. The van der Waals surface area contributed by atoms with Crippen molar-refractivity contribution < 1.29 is 8.91 Å². The number of benzene rings is 3. The maximum Gasteiger partial charge on any atom is 0.280 e. The maximum absolute atomic E-state index is 13.8. The molecule has 5 aromatic rings. The van der Waals surface area contributed by atoms with Crippen LogP contribution in [0.15, 0.2) is 82.2 Å². The van der Waals surface area contributed by atoms with Crippen molar-refractivity contribution in [1.29, 1.82) is 0 Å². The average Bonchev–Trinajstić information content (AvgIpc) is 3.46. The first kappa shape index (κ1) is 21.0. The number of hydrogen-bond acceptors (Lipinski definition) is 3. The van der Waals surface area contributed by atoms with Crippen molar-refractivity contribution in [2.45, 2.75) is 13.3 Å². The molecule has 33 heavy (non-hydrogen) atoms. The normalized spacial score (nSPS) is 12.2. The van der Waals surface area contributed by atoms with E-state index in [4.69, 9.17) is 16.1 Å². The average molecular weight is 460 g/mol. The zero-order valence-corrected chi connectivity index (χ0v) is 18.4. The second-order valence-electron chi connectivity index (χ2n) is 7.66. The van der Waals surface area contributed by atoms with Gasteiger partial charge in [-0.1, -0.05) is 54.9 Å². The quantitative estimate of drug-likeness (QED) is 0.288. The highest BCUT2D eigenvalue weighted by Gasteiger charge is 2.17. The molecule has 5 rings (SSSR count). The van der Waals surface area contributed by atoms with Gasteiger partial charge in [0.15, 0.2) is 5.76 Å². The van der Waals surface area contributed by atoms with Crippen molar-refractivity contribution in [3.05, 3.63) is 111 Å². The van der Waals surface area contributed by atoms with Crippen molar-refractivity contribution in [2.24, 2.45) is 0 Å². The number of aromatic amines is 2. The van der Waals surface area contributed by atoms with Gasteiger partial charge in [-0.3, -0.25) is 9.89 Å². The first-order chi connectivity index (χ1) is 16.0. The van der Waals surface area contributed by atoms with Gasteiger partial charge in [-0.25, -0.2) is 4.39 Å². The third-order valence-electron chi connectivity index (χ3n) is 5.62. The number of rotatable bonds is 5. The van der Waals surface area contributed by atoms with Crippen LogP contribution in [0.25, 0.3) is 33.4 Å². The van der Waals surface area contributed by atoms with Crippen LogP contribution in [0.1, 0.15) is 30.0 Å². The summed E-state index contributed by atoms with van der Waals surface area (Å²) in [6.07, 6.45) is 2.46. The van der Waals surface area contributed by atoms with Crippen LogP contribution in [-0.2, 0) is 0 Å². The Hall–Kier alpha value is -3.90. The second kappa shape index (κ2) is 8.56. The molecule has 5 nitrogen and oxygen atoms in total. The van der Waals surface area contributed by atoms with E-state index in [1.807, 2.05) is 43.3 Å². The predicted molar refractivity (Wildman–Crippen MR) is 128 cm³/mol. The number of halogens is 2. The van der Waals surface area contributed by atoms with Gasteiger partial charge in [0, 0.05) is 10.9 Å². The lowest BCUT2D eigenvalue weighted by Gasteiger charge is -2.18. The Balaban J connectivity index is 1.73. The first-order valence-electron chi connectivity index (χ1n) is 10.4. The minimum absolute atomic E-state index is 0.290. The van der Waals surface area contributed by atoms with E-state index in [2.05, 4.69) is 21.4 Å². The summed E-state index contributed by atoms with van der Waals surface area (Å²) < 4.78 is 19.0. The van der Waals surface area contributed by atoms with Gasteiger partial charge < -0.3 is 4.52 Å². The van der Waals surface area contributed by atoms with Crippen molar-refractivity contribution in [1.82, 2.24) is 15.4 Å². The van der Waals surface area contributed by atoms with E-state index in [-0.39, 0.29) is 11.4 Å². The van der Waals surface area contributed by atoms with Crippen LogP contribution in [-0.4, -0.2) is 15.4 Å². The van der Waals surface area contributed by atoms with Crippen LogP contribution in [0, 0.1) is 5.82 Å². The lowest BCUT2D eigenvalue weighted by Crippen LogP contribution is -1.96. The van der Waals surface area contributed by atoms with Crippen molar-refractivity contribution in [2.75, 3.05) is 0 Å².